The minimum absolute atomic E-state index is 0.163. The fraction of sp³-hybridized carbons (Fsp3) is 0.333. The Kier molecular flexibility index (Phi) is 7.41. The van der Waals surface area contributed by atoms with E-state index in [-0.39, 0.29) is 36.1 Å². The zero-order valence-corrected chi connectivity index (χ0v) is 18.1. The van der Waals surface area contributed by atoms with E-state index in [1.807, 2.05) is 0 Å². The zero-order valence-electron chi connectivity index (χ0n) is 17.3. The monoisotopic (exact) mass is 467 g/mol. The normalized spacial score (nSPS) is 15.2. The van der Waals surface area contributed by atoms with Crippen molar-refractivity contribution < 1.29 is 31.5 Å². The number of hydrogen-bond acceptors (Lipinski definition) is 5. The van der Waals surface area contributed by atoms with Gasteiger partial charge in [0.2, 0.25) is 15.9 Å². The summed E-state index contributed by atoms with van der Waals surface area (Å²) in [5, 5.41) is 5.01. The molecule has 0 bridgehead atoms. The number of ether oxygens (including phenoxy) is 1. The van der Waals surface area contributed by atoms with Gasteiger partial charge in [0.05, 0.1) is 24.1 Å². The first kappa shape index (κ1) is 23.6. The van der Waals surface area contributed by atoms with E-state index in [0.29, 0.717) is 24.7 Å². The van der Waals surface area contributed by atoms with Crippen LogP contribution in [-0.4, -0.2) is 57.3 Å². The first-order valence-corrected chi connectivity index (χ1v) is 11.3. The van der Waals surface area contributed by atoms with Crippen LogP contribution in [0.5, 0.6) is 5.75 Å². The Morgan fingerprint density at radius 3 is 2.34 bits per heavy atom. The molecule has 1 aliphatic rings. The van der Waals surface area contributed by atoms with Gasteiger partial charge in [0.25, 0.3) is 5.91 Å². The second-order valence-corrected chi connectivity index (χ2v) is 9.17. The molecule has 1 aliphatic heterocycles. The molecule has 0 radical (unpaired) electrons. The van der Waals surface area contributed by atoms with Crippen LogP contribution >= 0.6 is 0 Å². The summed E-state index contributed by atoms with van der Waals surface area (Å²) in [6.45, 7) is 0.0684. The summed E-state index contributed by atoms with van der Waals surface area (Å²) in [6.07, 6.45) is 0.809. The van der Waals surface area contributed by atoms with Crippen molar-refractivity contribution in [3.8, 4) is 5.75 Å². The summed E-state index contributed by atoms with van der Waals surface area (Å²) in [4.78, 5) is 24.3. The summed E-state index contributed by atoms with van der Waals surface area (Å²) >= 11 is 0. The number of sulfonamides is 1. The van der Waals surface area contributed by atoms with E-state index in [1.165, 1.54) is 23.5 Å². The molecule has 0 aliphatic carbocycles. The maximum atomic E-state index is 13.6. The number of carbonyl (C=O) groups is 2. The molecule has 0 atom stereocenters. The Bertz CT molecular complexity index is 1090. The van der Waals surface area contributed by atoms with Crippen molar-refractivity contribution >= 4 is 21.8 Å². The Balaban J connectivity index is 1.47. The predicted octanol–water partition coefficient (Wildman–Crippen LogP) is 1.67. The lowest BCUT2D eigenvalue weighted by Crippen LogP contribution is -2.48. The van der Waals surface area contributed by atoms with Gasteiger partial charge in [-0.3, -0.25) is 9.59 Å². The topological polar surface area (TPSA) is 105 Å². The number of rotatable bonds is 7. The van der Waals surface area contributed by atoms with Gasteiger partial charge in [-0.05, 0) is 49.2 Å². The molecule has 11 heteroatoms. The Morgan fingerprint density at radius 2 is 1.75 bits per heavy atom. The fourth-order valence-electron chi connectivity index (χ4n) is 3.35. The fourth-order valence-corrected chi connectivity index (χ4v) is 4.82. The molecule has 0 aromatic heterocycles. The van der Waals surface area contributed by atoms with Gasteiger partial charge in [-0.2, -0.15) is 4.31 Å². The van der Waals surface area contributed by atoms with Crippen LogP contribution in [0.1, 0.15) is 23.2 Å². The van der Waals surface area contributed by atoms with Crippen LogP contribution in [0.2, 0.25) is 0 Å². The minimum Gasteiger partial charge on any atom is -0.497 e. The number of nitrogens with one attached hydrogen (secondary N) is 2. The van der Waals surface area contributed by atoms with Crippen LogP contribution in [0.25, 0.3) is 0 Å². The van der Waals surface area contributed by atoms with E-state index in [1.54, 1.807) is 12.1 Å². The molecular weight excluding hydrogens is 444 g/mol. The molecule has 172 valence electrons. The molecule has 0 spiro atoms. The van der Waals surface area contributed by atoms with E-state index in [9.17, 15) is 26.8 Å². The van der Waals surface area contributed by atoms with Crippen LogP contribution < -0.4 is 15.4 Å². The number of methoxy groups -OCH3 is 1. The first-order valence-electron chi connectivity index (χ1n) is 9.87. The predicted molar refractivity (Wildman–Crippen MR) is 112 cm³/mol. The standard InChI is InChI=1S/C21H23F2N3O5S/c1-31-16-3-5-17(6-4-16)32(29,30)26-10-8-15(9-11-26)25-20(27)13-24-21(28)18-7-2-14(22)12-19(18)23/h2-7,12,15H,8-11,13H2,1H3,(H,24,28)(H,25,27). The van der Waals surface area contributed by atoms with E-state index >= 15 is 0 Å². The number of benzene rings is 2. The summed E-state index contributed by atoms with van der Waals surface area (Å²) in [5.41, 5.74) is -0.365. The molecule has 1 saturated heterocycles. The third-order valence-corrected chi connectivity index (χ3v) is 7.01. The highest BCUT2D eigenvalue weighted by atomic mass is 32.2. The minimum atomic E-state index is -3.65. The van der Waals surface area contributed by atoms with Gasteiger partial charge in [-0.1, -0.05) is 0 Å². The van der Waals surface area contributed by atoms with Crippen molar-refractivity contribution in [2.24, 2.45) is 0 Å². The molecule has 32 heavy (non-hydrogen) atoms. The molecular formula is C21H23F2N3O5S. The molecule has 1 fully saturated rings. The van der Waals surface area contributed by atoms with E-state index in [4.69, 9.17) is 4.74 Å². The second-order valence-electron chi connectivity index (χ2n) is 7.23. The van der Waals surface area contributed by atoms with Crippen molar-refractivity contribution in [1.82, 2.24) is 14.9 Å². The summed E-state index contributed by atoms with van der Waals surface area (Å²) in [7, 11) is -2.16. The second kappa shape index (κ2) is 10.0. The lowest BCUT2D eigenvalue weighted by atomic mass is 10.1. The van der Waals surface area contributed by atoms with Crippen molar-refractivity contribution in [1.29, 1.82) is 0 Å². The van der Waals surface area contributed by atoms with Crippen molar-refractivity contribution in [2.75, 3.05) is 26.7 Å². The Hall–Kier alpha value is -3.05. The largest absolute Gasteiger partial charge is 0.497 e. The van der Waals surface area contributed by atoms with Gasteiger partial charge >= 0.3 is 0 Å². The molecule has 0 saturated carbocycles. The highest BCUT2D eigenvalue weighted by Crippen LogP contribution is 2.22. The average molecular weight is 467 g/mol. The van der Waals surface area contributed by atoms with Gasteiger partial charge in [-0.15, -0.1) is 0 Å². The number of amides is 2. The molecule has 1 heterocycles. The highest BCUT2D eigenvalue weighted by molar-refractivity contribution is 7.89. The summed E-state index contributed by atoms with van der Waals surface area (Å²) < 4.78 is 58.5. The van der Waals surface area contributed by atoms with Crippen molar-refractivity contribution in [2.45, 2.75) is 23.8 Å². The van der Waals surface area contributed by atoms with Crippen LogP contribution in [-0.2, 0) is 14.8 Å². The highest BCUT2D eigenvalue weighted by Gasteiger charge is 2.30. The number of piperidine rings is 1. The molecule has 2 amide bonds. The molecule has 8 nitrogen and oxygen atoms in total. The average Bonchev–Trinajstić information content (AvgIpc) is 2.78. The van der Waals surface area contributed by atoms with Gasteiger partial charge in [0, 0.05) is 25.2 Å². The van der Waals surface area contributed by atoms with Crippen LogP contribution in [0.15, 0.2) is 47.4 Å². The maximum absolute atomic E-state index is 13.6. The lowest BCUT2D eigenvalue weighted by molar-refractivity contribution is -0.121. The number of hydrogen-bond donors (Lipinski definition) is 2. The lowest BCUT2D eigenvalue weighted by Gasteiger charge is -2.31. The van der Waals surface area contributed by atoms with Gasteiger partial charge in [0.15, 0.2) is 0 Å². The summed E-state index contributed by atoms with van der Waals surface area (Å²) in [6, 6.07) is 8.39. The quantitative estimate of drug-likeness (QED) is 0.645. The Morgan fingerprint density at radius 1 is 1.09 bits per heavy atom. The molecule has 2 aromatic carbocycles. The zero-order chi connectivity index (χ0) is 23.3. The number of carbonyl (C=O) groups excluding carboxylic acids is 2. The van der Waals surface area contributed by atoms with E-state index < -0.39 is 33.5 Å². The van der Waals surface area contributed by atoms with Crippen LogP contribution in [0.3, 0.4) is 0 Å². The molecule has 0 unspecified atom stereocenters. The van der Waals surface area contributed by atoms with Gasteiger partial charge in [0.1, 0.15) is 17.4 Å². The number of halogens is 2. The third kappa shape index (κ3) is 5.60. The molecule has 2 aromatic rings. The number of nitrogens with zero attached hydrogens (tertiary/aromatic N) is 1. The summed E-state index contributed by atoms with van der Waals surface area (Å²) in [5.74, 6) is -2.60. The first-order chi connectivity index (χ1) is 15.2. The Labute approximate surface area is 184 Å². The maximum Gasteiger partial charge on any atom is 0.254 e. The van der Waals surface area contributed by atoms with Crippen molar-refractivity contribution in [3.63, 3.8) is 0 Å². The van der Waals surface area contributed by atoms with E-state index in [2.05, 4.69) is 10.6 Å². The van der Waals surface area contributed by atoms with E-state index in [0.717, 1.165) is 12.1 Å². The third-order valence-electron chi connectivity index (χ3n) is 5.10. The molecule has 2 N–H and O–H groups in total. The SMILES string of the molecule is COc1ccc(S(=O)(=O)N2CCC(NC(=O)CNC(=O)c3ccc(F)cc3F)CC2)cc1. The van der Waals surface area contributed by atoms with Crippen LogP contribution in [0, 0.1) is 11.6 Å². The van der Waals surface area contributed by atoms with Crippen LogP contribution in [0.4, 0.5) is 8.78 Å². The van der Waals surface area contributed by atoms with Gasteiger partial charge in [-0.25, -0.2) is 17.2 Å². The van der Waals surface area contributed by atoms with Crippen molar-refractivity contribution in [3.05, 3.63) is 59.7 Å². The smallest absolute Gasteiger partial charge is 0.254 e. The molecule has 3 rings (SSSR count). The van der Waals surface area contributed by atoms with Gasteiger partial charge < -0.3 is 15.4 Å².